The van der Waals surface area contributed by atoms with Crippen LogP contribution in [0.2, 0.25) is 0 Å². The first-order valence-corrected chi connectivity index (χ1v) is 23.7. The molecule has 4 aliphatic rings. The summed E-state index contributed by atoms with van der Waals surface area (Å²) in [7, 11) is 0. The number of fused-ring (bicyclic) bond motifs is 11. The zero-order valence-corrected chi connectivity index (χ0v) is 37.2. The van der Waals surface area contributed by atoms with Gasteiger partial charge in [0.2, 0.25) is 0 Å². The Morgan fingerprint density at radius 2 is 0.721 bits per heavy atom. The monoisotopic (exact) mass is 865 g/mol. The van der Waals surface area contributed by atoms with Crippen molar-refractivity contribution in [3.8, 4) is 89.8 Å². The first kappa shape index (κ1) is 38.7. The second-order valence-corrected chi connectivity index (χ2v) is 18.7. The van der Waals surface area contributed by atoms with E-state index in [9.17, 15) is 0 Å². The fourth-order valence-electron chi connectivity index (χ4n) is 11.6. The van der Waals surface area contributed by atoms with Crippen molar-refractivity contribution in [1.82, 2.24) is 15.0 Å². The average Bonchev–Trinajstić information content (AvgIpc) is 4.09. The molecule has 10 aromatic rings. The Bertz CT molecular complexity index is 3600. The van der Waals surface area contributed by atoms with Crippen LogP contribution in [0.3, 0.4) is 0 Å². The Balaban J connectivity index is 1.02. The molecular weight excluding hydrogens is 823 g/mol. The lowest BCUT2D eigenvalue weighted by molar-refractivity contribution is 0.794. The molecule has 3 nitrogen and oxygen atoms in total. The first-order chi connectivity index (χ1) is 33.7. The number of rotatable bonds is 7. The second-order valence-electron chi connectivity index (χ2n) is 18.7. The van der Waals surface area contributed by atoms with Gasteiger partial charge in [-0.3, -0.25) is 0 Å². The van der Waals surface area contributed by atoms with Crippen LogP contribution in [0.25, 0.3) is 95.4 Å². The van der Waals surface area contributed by atoms with Gasteiger partial charge in [-0.1, -0.05) is 194 Å². The van der Waals surface area contributed by atoms with Crippen LogP contribution in [0.15, 0.2) is 237 Å². The molecule has 4 aliphatic carbocycles. The largest absolute Gasteiger partial charge is 0.208 e. The van der Waals surface area contributed by atoms with Crippen molar-refractivity contribution in [3.05, 3.63) is 264 Å². The molecule has 0 bridgehead atoms. The molecule has 1 heterocycles. The summed E-state index contributed by atoms with van der Waals surface area (Å²) in [5.41, 5.74) is 22.0. The van der Waals surface area contributed by atoms with Gasteiger partial charge in [0.1, 0.15) is 0 Å². The van der Waals surface area contributed by atoms with Gasteiger partial charge in [-0.25, -0.2) is 15.0 Å². The average molecular weight is 866 g/mol. The predicted molar refractivity (Wildman–Crippen MR) is 277 cm³/mol. The normalized spacial score (nSPS) is 16.3. The van der Waals surface area contributed by atoms with E-state index in [-0.39, 0.29) is 0 Å². The summed E-state index contributed by atoms with van der Waals surface area (Å²) in [4.78, 5) is 16.5. The minimum Gasteiger partial charge on any atom is -0.208 e. The highest BCUT2D eigenvalue weighted by Crippen LogP contribution is 2.63. The zero-order valence-electron chi connectivity index (χ0n) is 37.2. The van der Waals surface area contributed by atoms with E-state index in [1.54, 1.807) is 0 Å². The molecule has 0 saturated heterocycles. The Hall–Kier alpha value is -8.53. The highest BCUT2D eigenvalue weighted by molar-refractivity contribution is 5.96. The third-order valence-corrected chi connectivity index (χ3v) is 14.8. The number of aromatic nitrogens is 3. The third kappa shape index (κ3) is 6.09. The van der Waals surface area contributed by atoms with Gasteiger partial charge in [-0.2, -0.15) is 0 Å². The first-order valence-electron chi connectivity index (χ1n) is 23.7. The van der Waals surface area contributed by atoms with Gasteiger partial charge in [0.05, 0.1) is 5.41 Å². The van der Waals surface area contributed by atoms with E-state index in [0.717, 1.165) is 50.1 Å². The van der Waals surface area contributed by atoms with E-state index in [1.807, 2.05) is 0 Å². The van der Waals surface area contributed by atoms with E-state index in [1.165, 1.54) is 62.1 Å². The van der Waals surface area contributed by atoms with Crippen LogP contribution in [-0.4, -0.2) is 15.0 Å². The van der Waals surface area contributed by atoms with Gasteiger partial charge in [0.15, 0.2) is 17.5 Å². The van der Waals surface area contributed by atoms with Crippen molar-refractivity contribution in [2.75, 3.05) is 0 Å². The molecule has 0 amide bonds. The molecule has 0 radical (unpaired) electrons. The van der Waals surface area contributed by atoms with E-state index < -0.39 is 5.41 Å². The quantitative estimate of drug-likeness (QED) is 0.160. The number of nitrogens with zero attached hydrogens (tertiary/aromatic N) is 3. The maximum absolute atomic E-state index is 5.53. The van der Waals surface area contributed by atoms with Crippen molar-refractivity contribution in [3.63, 3.8) is 0 Å². The van der Waals surface area contributed by atoms with Crippen LogP contribution >= 0.6 is 0 Å². The predicted octanol–water partition coefficient (Wildman–Crippen LogP) is 15.8. The van der Waals surface area contributed by atoms with Crippen molar-refractivity contribution in [2.24, 2.45) is 11.8 Å². The smallest absolute Gasteiger partial charge is 0.164 e. The van der Waals surface area contributed by atoms with Gasteiger partial charge in [0.25, 0.3) is 0 Å². The van der Waals surface area contributed by atoms with Crippen LogP contribution in [-0.2, 0) is 5.41 Å². The summed E-state index contributed by atoms with van der Waals surface area (Å²) >= 11 is 0. The minimum atomic E-state index is -0.496. The molecule has 1 aromatic heterocycles. The Morgan fingerprint density at radius 3 is 1.22 bits per heavy atom. The fourth-order valence-corrected chi connectivity index (χ4v) is 11.6. The fraction of sp³-hybridized carbons (Fsp3) is 0.0615. The van der Waals surface area contributed by atoms with Crippen molar-refractivity contribution < 1.29 is 0 Å². The summed E-state index contributed by atoms with van der Waals surface area (Å²) in [5, 5.41) is 0. The molecule has 3 heteroatoms. The summed E-state index contributed by atoms with van der Waals surface area (Å²) < 4.78 is 0. The molecule has 0 aliphatic heterocycles. The van der Waals surface area contributed by atoms with Gasteiger partial charge in [-0.05, 0) is 150 Å². The standard InChI is InChI=1S/C65H43N3/c1-4-17-41(18-5-1)46-33-47(42-19-6-2-7-20-42)36-50(35-46)63-66-62(67-64(68-63)51-37-48(43-21-8-3-9-22-43)34-49(38-51)52-27-16-23-44-39-57(44)52)45-31-32-56-55-26-12-15-30-60(55)65(61(56)40-45)58-28-13-10-24-53(58)54-25-11-14-29-59(54)65/h1-38,40,44,57H,39H2. The summed E-state index contributed by atoms with van der Waals surface area (Å²) in [5.74, 6) is 3.05. The van der Waals surface area contributed by atoms with Crippen LogP contribution < -0.4 is 0 Å². The highest BCUT2D eigenvalue weighted by atomic mass is 15.0. The Labute approximate surface area is 396 Å². The minimum absolute atomic E-state index is 0.496. The number of benzene rings is 9. The molecule has 9 aromatic carbocycles. The van der Waals surface area contributed by atoms with Crippen molar-refractivity contribution in [2.45, 2.75) is 11.8 Å². The van der Waals surface area contributed by atoms with Crippen LogP contribution in [0.5, 0.6) is 0 Å². The Kier molecular flexibility index (Phi) is 8.69. The van der Waals surface area contributed by atoms with Gasteiger partial charge < -0.3 is 0 Å². The van der Waals surface area contributed by atoms with Gasteiger partial charge >= 0.3 is 0 Å². The summed E-state index contributed by atoms with van der Waals surface area (Å²) in [6, 6.07) is 79.4. The maximum Gasteiger partial charge on any atom is 0.164 e. The molecule has 14 rings (SSSR count). The van der Waals surface area contributed by atoms with E-state index in [4.69, 9.17) is 15.0 Å². The van der Waals surface area contributed by atoms with Crippen molar-refractivity contribution >= 4 is 5.57 Å². The SMILES string of the molecule is C1=CC2CC2C(c2cc(-c3ccccc3)cc(-c3nc(-c4cc(-c5ccccc5)cc(-c5ccccc5)c4)nc(-c4ccc5c(c4)C4(c6ccccc6-c6ccccc64)c4ccccc4-5)n3)c2)=C1. The van der Waals surface area contributed by atoms with Crippen LogP contribution in [0, 0.1) is 11.8 Å². The van der Waals surface area contributed by atoms with Crippen molar-refractivity contribution in [1.29, 1.82) is 0 Å². The number of allylic oxidation sites excluding steroid dienone is 4. The van der Waals surface area contributed by atoms with E-state index in [0.29, 0.717) is 29.3 Å². The number of hydrogen-bond donors (Lipinski definition) is 0. The van der Waals surface area contributed by atoms with Crippen LogP contribution in [0.4, 0.5) is 0 Å². The zero-order chi connectivity index (χ0) is 44.8. The molecule has 1 spiro atoms. The number of hydrogen-bond acceptors (Lipinski definition) is 3. The molecule has 0 N–H and O–H groups in total. The van der Waals surface area contributed by atoms with Gasteiger partial charge in [-0.15, -0.1) is 0 Å². The lowest BCUT2D eigenvalue weighted by atomic mass is 9.70. The topological polar surface area (TPSA) is 38.7 Å². The lowest BCUT2D eigenvalue weighted by Gasteiger charge is -2.30. The maximum atomic E-state index is 5.53. The summed E-state index contributed by atoms with van der Waals surface area (Å²) in [6.45, 7) is 0. The van der Waals surface area contributed by atoms with E-state index in [2.05, 4.69) is 237 Å². The molecular formula is C65H43N3. The molecule has 2 atom stereocenters. The second kappa shape index (κ2) is 15.3. The third-order valence-electron chi connectivity index (χ3n) is 14.8. The van der Waals surface area contributed by atoms with E-state index >= 15 is 0 Å². The Morgan fingerprint density at radius 1 is 0.324 bits per heavy atom. The molecule has 1 saturated carbocycles. The van der Waals surface area contributed by atoms with Gasteiger partial charge in [0, 0.05) is 16.7 Å². The highest BCUT2D eigenvalue weighted by Gasteiger charge is 2.51. The lowest BCUT2D eigenvalue weighted by Crippen LogP contribution is -2.25. The molecule has 68 heavy (non-hydrogen) atoms. The van der Waals surface area contributed by atoms with Crippen LogP contribution in [0.1, 0.15) is 34.2 Å². The molecule has 318 valence electrons. The molecule has 1 fully saturated rings. The summed E-state index contributed by atoms with van der Waals surface area (Å²) in [6.07, 6.45) is 8.09. The molecule has 2 unspecified atom stereocenters.